The van der Waals surface area contributed by atoms with Gasteiger partial charge in [0.25, 0.3) is 0 Å². The summed E-state index contributed by atoms with van der Waals surface area (Å²) >= 11 is 0. The lowest BCUT2D eigenvalue weighted by Gasteiger charge is -2.32. The third-order valence-electron chi connectivity index (χ3n) is 4.21. The van der Waals surface area contributed by atoms with Gasteiger partial charge in [-0.05, 0) is 59.8 Å². The van der Waals surface area contributed by atoms with E-state index in [-0.39, 0.29) is 0 Å². The van der Waals surface area contributed by atoms with Gasteiger partial charge in [0.15, 0.2) is 0 Å². The van der Waals surface area contributed by atoms with Crippen LogP contribution in [-0.2, 0) is 4.79 Å². The number of carboxylic acid groups (broad SMARTS) is 1. The molecule has 0 spiro atoms. The van der Waals surface area contributed by atoms with Crippen LogP contribution in [0.25, 0.3) is 0 Å². The molecule has 0 amide bonds. The Morgan fingerprint density at radius 3 is 2.75 bits per heavy atom. The average Bonchev–Trinajstić information content (AvgIpc) is 2.80. The van der Waals surface area contributed by atoms with Crippen molar-refractivity contribution in [3.63, 3.8) is 0 Å². The zero-order valence-electron chi connectivity index (χ0n) is 13.5. The fourth-order valence-corrected chi connectivity index (χ4v) is 2.86. The number of carboxylic acids is 1. The third kappa shape index (κ3) is 5.04. The van der Waals surface area contributed by atoms with Crippen LogP contribution in [0.4, 0.5) is 0 Å². The first-order valence-corrected chi connectivity index (χ1v) is 7.76. The third-order valence-corrected chi connectivity index (χ3v) is 4.21. The van der Waals surface area contributed by atoms with Crippen molar-refractivity contribution < 1.29 is 9.90 Å². The molecular weight excluding hydrogens is 254 g/mol. The molecule has 20 heavy (non-hydrogen) atoms. The van der Waals surface area contributed by atoms with Gasteiger partial charge in [-0.3, -0.25) is 9.69 Å². The van der Waals surface area contributed by atoms with Crippen molar-refractivity contribution in [1.29, 1.82) is 0 Å². The molecular formula is C15H31N3O2. The van der Waals surface area contributed by atoms with Gasteiger partial charge in [-0.1, -0.05) is 6.92 Å². The molecule has 0 aromatic carbocycles. The number of rotatable bonds is 9. The summed E-state index contributed by atoms with van der Waals surface area (Å²) in [6, 6.07) is 0.578. The van der Waals surface area contributed by atoms with E-state index in [1.807, 2.05) is 6.92 Å². The summed E-state index contributed by atoms with van der Waals surface area (Å²) in [5.74, 6) is -0.741. The van der Waals surface area contributed by atoms with Crippen molar-refractivity contribution in [1.82, 2.24) is 15.1 Å². The van der Waals surface area contributed by atoms with Crippen LogP contribution in [0.1, 0.15) is 39.5 Å². The van der Waals surface area contributed by atoms with Crippen LogP contribution in [0.2, 0.25) is 0 Å². The van der Waals surface area contributed by atoms with E-state index in [0.717, 1.165) is 32.6 Å². The van der Waals surface area contributed by atoms with E-state index in [1.54, 1.807) is 0 Å². The standard InChI is InChI=1S/C15H31N3O2/c1-5-9-16-15(2,14(19)20)8-11-18-10-6-7-13(18)12-17(3)4/h13,16H,5-12H2,1-4H3,(H,19,20). The van der Waals surface area contributed by atoms with Gasteiger partial charge in [0.1, 0.15) is 5.54 Å². The smallest absolute Gasteiger partial charge is 0.323 e. The SMILES string of the molecule is CCCNC(C)(CCN1CCCC1CN(C)C)C(=O)O. The second kappa shape index (κ2) is 7.96. The maximum absolute atomic E-state index is 11.5. The van der Waals surface area contributed by atoms with Crippen molar-refractivity contribution >= 4 is 5.97 Å². The Balaban J connectivity index is 2.51. The molecule has 0 saturated carbocycles. The zero-order valence-corrected chi connectivity index (χ0v) is 13.5. The van der Waals surface area contributed by atoms with Gasteiger partial charge in [0, 0.05) is 19.1 Å². The Hall–Kier alpha value is -0.650. The Labute approximate surface area is 123 Å². The molecule has 1 fully saturated rings. The Morgan fingerprint density at radius 2 is 2.20 bits per heavy atom. The summed E-state index contributed by atoms with van der Waals surface area (Å²) in [5, 5.41) is 12.6. The Bertz CT molecular complexity index is 309. The van der Waals surface area contributed by atoms with E-state index in [9.17, 15) is 9.90 Å². The van der Waals surface area contributed by atoms with Gasteiger partial charge in [-0.15, -0.1) is 0 Å². The van der Waals surface area contributed by atoms with E-state index in [4.69, 9.17) is 0 Å². The molecule has 0 aromatic heterocycles. The second-order valence-electron chi connectivity index (χ2n) is 6.41. The normalized spacial score (nSPS) is 23.1. The molecule has 1 saturated heterocycles. The van der Waals surface area contributed by atoms with Crippen molar-refractivity contribution in [2.24, 2.45) is 0 Å². The van der Waals surface area contributed by atoms with Gasteiger partial charge in [-0.25, -0.2) is 0 Å². The highest BCUT2D eigenvalue weighted by atomic mass is 16.4. The predicted molar refractivity (Wildman–Crippen MR) is 82.1 cm³/mol. The van der Waals surface area contributed by atoms with Gasteiger partial charge in [0.05, 0.1) is 0 Å². The first kappa shape index (κ1) is 17.4. The molecule has 5 heteroatoms. The fraction of sp³-hybridized carbons (Fsp3) is 0.933. The lowest BCUT2D eigenvalue weighted by Crippen LogP contribution is -2.52. The van der Waals surface area contributed by atoms with E-state index in [0.29, 0.717) is 12.5 Å². The molecule has 118 valence electrons. The molecule has 0 bridgehead atoms. The summed E-state index contributed by atoms with van der Waals surface area (Å²) in [5.41, 5.74) is -0.804. The summed E-state index contributed by atoms with van der Waals surface area (Å²) in [6.07, 6.45) is 4.07. The van der Waals surface area contributed by atoms with E-state index >= 15 is 0 Å². The molecule has 1 rings (SSSR count). The van der Waals surface area contributed by atoms with Gasteiger partial charge in [0.2, 0.25) is 0 Å². The Morgan fingerprint density at radius 1 is 1.50 bits per heavy atom. The van der Waals surface area contributed by atoms with E-state index in [1.165, 1.54) is 12.8 Å². The van der Waals surface area contributed by atoms with Crippen LogP contribution in [0.15, 0.2) is 0 Å². The number of aliphatic carboxylic acids is 1. The van der Waals surface area contributed by atoms with Crippen molar-refractivity contribution in [2.75, 3.05) is 40.3 Å². The highest BCUT2D eigenvalue weighted by Gasteiger charge is 2.34. The van der Waals surface area contributed by atoms with Crippen LogP contribution in [0.5, 0.6) is 0 Å². The minimum absolute atomic E-state index is 0.578. The minimum atomic E-state index is -0.804. The van der Waals surface area contributed by atoms with Crippen molar-refractivity contribution in [3.05, 3.63) is 0 Å². The van der Waals surface area contributed by atoms with E-state index < -0.39 is 11.5 Å². The van der Waals surface area contributed by atoms with Crippen LogP contribution >= 0.6 is 0 Å². The van der Waals surface area contributed by atoms with Crippen LogP contribution in [-0.4, -0.2) is 72.7 Å². The molecule has 0 radical (unpaired) electrons. The number of likely N-dealkylation sites (tertiary alicyclic amines) is 1. The predicted octanol–water partition coefficient (Wildman–Crippen LogP) is 1.25. The van der Waals surface area contributed by atoms with Crippen LogP contribution < -0.4 is 5.32 Å². The molecule has 2 N–H and O–H groups in total. The molecule has 1 aliphatic rings. The quantitative estimate of drug-likeness (QED) is 0.668. The summed E-state index contributed by atoms with van der Waals surface area (Å²) in [4.78, 5) is 16.2. The van der Waals surface area contributed by atoms with Crippen LogP contribution in [0.3, 0.4) is 0 Å². The van der Waals surface area contributed by atoms with Gasteiger partial charge < -0.3 is 15.3 Å². The lowest BCUT2D eigenvalue weighted by molar-refractivity contribution is -0.144. The maximum atomic E-state index is 11.5. The molecule has 2 unspecified atom stereocenters. The zero-order chi connectivity index (χ0) is 15.2. The summed E-state index contributed by atoms with van der Waals surface area (Å²) in [6.45, 7) is 7.64. The summed E-state index contributed by atoms with van der Waals surface area (Å²) in [7, 11) is 4.20. The largest absolute Gasteiger partial charge is 0.480 e. The number of nitrogens with one attached hydrogen (secondary N) is 1. The van der Waals surface area contributed by atoms with Crippen molar-refractivity contribution in [2.45, 2.75) is 51.1 Å². The monoisotopic (exact) mass is 285 g/mol. The first-order valence-electron chi connectivity index (χ1n) is 7.76. The average molecular weight is 285 g/mol. The second-order valence-corrected chi connectivity index (χ2v) is 6.41. The molecule has 0 aromatic rings. The molecule has 1 aliphatic heterocycles. The molecule has 5 nitrogen and oxygen atoms in total. The van der Waals surface area contributed by atoms with E-state index in [2.05, 4.69) is 36.1 Å². The van der Waals surface area contributed by atoms with Gasteiger partial charge in [-0.2, -0.15) is 0 Å². The lowest BCUT2D eigenvalue weighted by atomic mass is 9.97. The topological polar surface area (TPSA) is 55.8 Å². The molecule has 2 atom stereocenters. The number of hydrogen-bond acceptors (Lipinski definition) is 4. The highest BCUT2D eigenvalue weighted by molar-refractivity contribution is 5.78. The minimum Gasteiger partial charge on any atom is -0.480 e. The first-order chi connectivity index (χ1) is 9.39. The number of carbonyl (C=O) groups is 1. The Kier molecular flexibility index (Phi) is 6.92. The molecule has 0 aliphatic carbocycles. The number of nitrogens with zero attached hydrogens (tertiary/aromatic N) is 2. The maximum Gasteiger partial charge on any atom is 0.323 e. The number of hydrogen-bond donors (Lipinski definition) is 2. The van der Waals surface area contributed by atoms with Crippen molar-refractivity contribution in [3.8, 4) is 0 Å². The van der Waals surface area contributed by atoms with Crippen LogP contribution in [0, 0.1) is 0 Å². The highest BCUT2D eigenvalue weighted by Crippen LogP contribution is 2.20. The molecule has 1 heterocycles. The fourth-order valence-electron chi connectivity index (χ4n) is 2.86. The number of likely N-dealkylation sites (N-methyl/N-ethyl adjacent to an activating group) is 1. The summed E-state index contributed by atoms with van der Waals surface area (Å²) < 4.78 is 0. The van der Waals surface area contributed by atoms with Gasteiger partial charge >= 0.3 is 5.97 Å².